The Bertz CT molecular complexity index is 2280. The van der Waals surface area contributed by atoms with Gasteiger partial charge >= 0.3 is 36.1 Å². The molecule has 19 nitrogen and oxygen atoms in total. The van der Waals surface area contributed by atoms with Gasteiger partial charge in [0.25, 0.3) is 0 Å². The van der Waals surface area contributed by atoms with E-state index < -0.39 is 124 Å². The second-order valence-electron chi connectivity index (χ2n) is 19.4. The molecule has 11 atom stereocenters. The van der Waals surface area contributed by atoms with E-state index in [0.717, 1.165) is 6.92 Å². The fraction of sp³-hybridized carbons (Fsp3) is 0.562. The number of alkyl carbamates (subject to hydrolysis) is 2. The largest absolute Gasteiger partial charge is 0.481 e. The average molecular weight is 937 g/mol. The number of esters is 3. The molecule has 2 saturated carbocycles. The monoisotopic (exact) mass is 936 g/mol. The third-order valence-corrected chi connectivity index (χ3v) is 13.6. The highest BCUT2D eigenvalue weighted by atomic mass is 16.6. The van der Waals surface area contributed by atoms with E-state index >= 15 is 4.79 Å². The highest BCUT2D eigenvalue weighted by Gasteiger charge is 2.78. The van der Waals surface area contributed by atoms with Crippen molar-refractivity contribution in [1.82, 2.24) is 10.6 Å². The minimum atomic E-state index is -2.47. The molecule has 2 aromatic carbocycles. The quantitative estimate of drug-likeness (QED) is 0.0720. The summed E-state index contributed by atoms with van der Waals surface area (Å²) in [5.74, 6) is -6.88. The molecule has 0 aromatic heterocycles. The van der Waals surface area contributed by atoms with Gasteiger partial charge in [0.15, 0.2) is 17.5 Å². The van der Waals surface area contributed by atoms with Crippen LogP contribution in [0.25, 0.3) is 0 Å². The molecule has 3 aliphatic carbocycles. The lowest BCUT2D eigenvalue weighted by Gasteiger charge is -2.67. The van der Waals surface area contributed by atoms with Crippen molar-refractivity contribution in [2.75, 3.05) is 13.2 Å². The van der Waals surface area contributed by atoms with Gasteiger partial charge in [-0.3, -0.25) is 14.4 Å². The molecule has 19 heteroatoms. The molecule has 2 amide bonds. The van der Waals surface area contributed by atoms with E-state index in [1.807, 2.05) is 0 Å². The number of fused-ring (bicyclic) bond motifs is 5. The SMILES string of the molecule is CC(=O)O[C@@]12CO[C@@H]1CC(OC(=O)NCCCC(=O)O)[C@@]1(C)C(=O)[C@H](O)C3=C(C)C(OC(=O)[C@H](O)[C@@H](NC(=O)OC(C)(C)C)c4ccccc4)C[C@@](O)([C@@H](OC(=O)c4ccccc4)[C@H]21)C3(C)C. The maximum absolute atomic E-state index is 15.5. The number of rotatable bonds is 13. The van der Waals surface area contributed by atoms with Crippen LogP contribution in [-0.2, 0) is 47.6 Å². The summed E-state index contributed by atoms with van der Waals surface area (Å²) in [6, 6.07) is 14.3. The molecule has 2 unspecified atom stereocenters. The fourth-order valence-electron chi connectivity index (χ4n) is 10.3. The van der Waals surface area contributed by atoms with E-state index in [1.54, 1.807) is 69.3 Å². The summed E-state index contributed by atoms with van der Waals surface area (Å²) in [6.45, 7) is 11.3. The first-order chi connectivity index (χ1) is 31.3. The van der Waals surface area contributed by atoms with Crippen molar-refractivity contribution in [3.05, 3.63) is 82.9 Å². The van der Waals surface area contributed by atoms with Crippen molar-refractivity contribution in [3.63, 3.8) is 0 Å². The molecule has 6 rings (SSSR count). The summed E-state index contributed by atoms with van der Waals surface area (Å²) in [5.41, 5.74) is -8.94. The lowest BCUT2D eigenvalue weighted by atomic mass is 9.44. The zero-order chi connectivity index (χ0) is 49.4. The molecule has 1 aliphatic heterocycles. The Balaban J connectivity index is 1.50. The highest BCUT2D eigenvalue weighted by molar-refractivity contribution is 5.94. The maximum atomic E-state index is 15.5. The number of aliphatic hydroxyl groups is 3. The van der Waals surface area contributed by atoms with Crippen LogP contribution in [-0.4, -0.2) is 129 Å². The van der Waals surface area contributed by atoms with Gasteiger partial charge in [-0.2, -0.15) is 0 Å². The maximum Gasteiger partial charge on any atom is 0.408 e. The van der Waals surface area contributed by atoms with E-state index in [1.165, 1.54) is 39.8 Å². The van der Waals surface area contributed by atoms with Crippen molar-refractivity contribution in [2.24, 2.45) is 16.7 Å². The summed E-state index contributed by atoms with van der Waals surface area (Å²) in [5, 5.41) is 52.1. The van der Waals surface area contributed by atoms with E-state index in [2.05, 4.69) is 10.6 Å². The zero-order valence-corrected chi connectivity index (χ0v) is 38.7. The van der Waals surface area contributed by atoms with Crippen molar-refractivity contribution in [2.45, 2.75) is 141 Å². The summed E-state index contributed by atoms with van der Waals surface area (Å²) >= 11 is 0. The fourth-order valence-corrected chi connectivity index (χ4v) is 10.3. The molecule has 0 spiro atoms. The molecular weight excluding hydrogens is 877 g/mol. The highest BCUT2D eigenvalue weighted by Crippen LogP contribution is 2.64. The first kappa shape index (κ1) is 50.5. The lowest BCUT2D eigenvalue weighted by molar-refractivity contribution is -0.345. The third kappa shape index (κ3) is 9.64. The Morgan fingerprint density at radius 1 is 0.925 bits per heavy atom. The van der Waals surface area contributed by atoms with Crippen LogP contribution >= 0.6 is 0 Å². The normalized spacial score (nSPS) is 30.5. The van der Waals surface area contributed by atoms with Gasteiger partial charge in [0.05, 0.1) is 29.5 Å². The number of carbonyl (C=O) groups excluding carboxylic acids is 6. The van der Waals surface area contributed by atoms with Gasteiger partial charge < -0.3 is 59.5 Å². The Morgan fingerprint density at radius 2 is 1.55 bits per heavy atom. The number of aliphatic hydroxyl groups excluding tert-OH is 2. The Morgan fingerprint density at radius 3 is 2.12 bits per heavy atom. The van der Waals surface area contributed by atoms with Crippen molar-refractivity contribution in [3.8, 4) is 0 Å². The van der Waals surface area contributed by atoms with Crippen LogP contribution in [0.15, 0.2) is 71.8 Å². The standard InChI is InChI=1S/C48H60N2O17/c1-25-29(63-41(58)36(55)34(27-16-11-9-12-17-27)50-43(60)67-44(3,4)5)23-48(61)39(65-40(57)28-18-13-10-14-19-28)37-46(8,38(56)35(54)33(25)45(48,6)7)30(64-42(59)49-21-15-20-32(52)53)22-31-47(37,24-62-31)66-26(2)51/h9-14,16-19,29-31,34-37,39,54-55,61H,15,20-24H2,1-8H3,(H,49,59)(H,50,60)(H,52,53)/t29?,30?,31-,34+,35-,36-,37+,39+,46-,47+,48-/m1/s1. The molecular formula is C48H60N2O17. The number of hydrogen-bond donors (Lipinski definition) is 6. The van der Waals surface area contributed by atoms with E-state index in [0.29, 0.717) is 5.56 Å². The van der Waals surface area contributed by atoms with Crippen molar-refractivity contribution in [1.29, 1.82) is 0 Å². The lowest BCUT2D eigenvalue weighted by Crippen LogP contribution is -2.82. The summed E-state index contributed by atoms with van der Waals surface area (Å²) in [7, 11) is 0. The number of carboxylic acid groups (broad SMARTS) is 1. The van der Waals surface area contributed by atoms with Crippen LogP contribution in [0.2, 0.25) is 0 Å². The average Bonchev–Trinajstić information content (AvgIpc) is 3.24. The second-order valence-corrected chi connectivity index (χ2v) is 19.4. The summed E-state index contributed by atoms with van der Waals surface area (Å²) in [6.07, 6.45) is -13.5. The number of Topliss-reactive ketones (excluding diaryl/α,β-unsaturated/α-hetero) is 1. The first-order valence-electron chi connectivity index (χ1n) is 22.1. The molecule has 2 bridgehead atoms. The third-order valence-electron chi connectivity index (χ3n) is 13.6. The summed E-state index contributed by atoms with van der Waals surface area (Å²) < 4.78 is 35.9. The number of carboxylic acids is 1. The van der Waals surface area contributed by atoms with E-state index in [4.69, 9.17) is 33.5 Å². The molecule has 3 fully saturated rings. The number of ketones is 1. The predicted octanol–water partition coefficient (Wildman–Crippen LogP) is 3.86. The minimum absolute atomic E-state index is 0.0182. The van der Waals surface area contributed by atoms with Gasteiger partial charge in [0, 0.05) is 38.1 Å². The molecule has 1 saturated heterocycles. The van der Waals surface area contributed by atoms with E-state index in [9.17, 15) is 44.1 Å². The number of ether oxygens (including phenoxy) is 6. The number of nitrogens with one attached hydrogen (secondary N) is 2. The zero-order valence-electron chi connectivity index (χ0n) is 38.7. The number of aliphatic carboxylic acids is 1. The van der Waals surface area contributed by atoms with Crippen LogP contribution in [0, 0.1) is 16.7 Å². The molecule has 6 N–H and O–H groups in total. The topological polar surface area (TPSA) is 280 Å². The molecule has 1 heterocycles. The van der Waals surface area contributed by atoms with Gasteiger partial charge in [-0.1, -0.05) is 62.4 Å². The number of benzene rings is 2. The Hall–Kier alpha value is -5.89. The molecule has 2 aromatic rings. The minimum Gasteiger partial charge on any atom is -0.481 e. The van der Waals surface area contributed by atoms with Crippen LogP contribution in [0.4, 0.5) is 9.59 Å². The predicted molar refractivity (Wildman–Crippen MR) is 233 cm³/mol. The summed E-state index contributed by atoms with van der Waals surface area (Å²) in [4.78, 5) is 95.0. The smallest absolute Gasteiger partial charge is 0.408 e. The molecule has 364 valence electrons. The Labute approximate surface area is 387 Å². The number of carbonyl (C=O) groups is 7. The molecule has 4 aliphatic rings. The van der Waals surface area contributed by atoms with Gasteiger partial charge in [-0.15, -0.1) is 0 Å². The first-order valence-corrected chi connectivity index (χ1v) is 22.1. The van der Waals surface area contributed by atoms with Crippen molar-refractivity contribution >= 4 is 41.8 Å². The van der Waals surface area contributed by atoms with Gasteiger partial charge in [-0.25, -0.2) is 19.2 Å². The molecule has 0 radical (unpaired) electrons. The van der Waals surface area contributed by atoms with E-state index in [-0.39, 0.29) is 49.1 Å². The number of hydrogen-bond acceptors (Lipinski definition) is 16. The van der Waals surface area contributed by atoms with Gasteiger partial charge in [-0.05, 0) is 69.9 Å². The van der Waals surface area contributed by atoms with Crippen LogP contribution < -0.4 is 10.6 Å². The van der Waals surface area contributed by atoms with Gasteiger partial charge in [0.2, 0.25) is 0 Å². The number of amides is 2. The molecule has 67 heavy (non-hydrogen) atoms. The second kappa shape index (κ2) is 19.0. The van der Waals surface area contributed by atoms with Gasteiger partial charge in [0.1, 0.15) is 41.7 Å². The van der Waals surface area contributed by atoms with Crippen LogP contribution in [0.5, 0.6) is 0 Å². The van der Waals surface area contributed by atoms with Crippen molar-refractivity contribution < 1.29 is 82.4 Å². The Kier molecular flexibility index (Phi) is 14.3. The van der Waals surface area contributed by atoms with Crippen LogP contribution in [0.1, 0.15) is 103 Å². The van der Waals surface area contributed by atoms with Crippen LogP contribution in [0.3, 0.4) is 0 Å².